The molecule has 3 N–H and O–H groups in total. The molecule has 1 amide bonds. The first-order valence-electron chi connectivity index (χ1n) is 7.04. The Balaban J connectivity index is 0.00000176. The Morgan fingerprint density at radius 2 is 1.95 bits per heavy atom. The van der Waals surface area contributed by atoms with Crippen molar-refractivity contribution in [3.8, 4) is 10.4 Å². The molecule has 1 saturated carbocycles. The standard InChI is InChI=1S/C16H17ClN2OS.ClH/c17-12-5-3-11(4-6-12)14-7-8-15(21-14)16(20)19-13(9-18)10-1-2-10;/h3-8,10,13H,1-2,9,18H2,(H,19,20);1H. The van der Waals surface area contributed by atoms with Gasteiger partial charge in [0.2, 0.25) is 0 Å². The highest BCUT2D eigenvalue weighted by atomic mass is 35.5. The van der Waals surface area contributed by atoms with Crippen LogP contribution in [0.25, 0.3) is 10.4 Å². The minimum atomic E-state index is -0.0254. The molecule has 118 valence electrons. The molecule has 1 heterocycles. The van der Waals surface area contributed by atoms with Gasteiger partial charge in [0.25, 0.3) is 5.91 Å². The second-order valence-electron chi connectivity index (χ2n) is 5.32. The van der Waals surface area contributed by atoms with Crippen LogP contribution in [0, 0.1) is 5.92 Å². The van der Waals surface area contributed by atoms with Crippen LogP contribution in [0.2, 0.25) is 5.02 Å². The van der Waals surface area contributed by atoms with Crippen molar-refractivity contribution >= 4 is 41.3 Å². The molecule has 1 unspecified atom stereocenters. The Morgan fingerprint density at radius 1 is 1.27 bits per heavy atom. The topological polar surface area (TPSA) is 55.1 Å². The molecule has 1 atom stereocenters. The van der Waals surface area contributed by atoms with Crippen molar-refractivity contribution in [1.82, 2.24) is 5.32 Å². The number of hydrogen-bond acceptors (Lipinski definition) is 3. The Labute approximate surface area is 145 Å². The van der Waals surface area contributed by atoms with Crippen LogP contribution in [0.15, 0.2) is 36.4 Å². The molecule has 1 aromatic heterocycles. The third kappa shape index (κ3) is 4.02. The minimum absolute atomic E-state index is 0. The summed E-state index contributed by atoms with van der Waals surface area (Å²) in [6, 6.07) is 11.6. The van der Waals surface area contributed by atoms with E-state index in [2.05, 4.69) is 5.32 Å². The SMILES string of the molecule is Cl.NCC(NC(=O)c1ccc(-c2ccc(Cl)cc2)s1)C1CC1. The van der Waals surface area contributed by atoms with Crippen LogP contribution in [-0.2, 0) is 0 Å². The molecule has 0 saturated heterocycles. The molecule has 0 radical (unpaired) electrons. The lowest BCUT2D eigenvalue weighted by atomic mass is 10.2. The average Bonchev–Trinajstić information content (AvgIpc) is 3.21. The summed E-state index contributed by atoms with van der Waals surface area (Å²) in [5.41, 5.74) is 6.80. The number of nitrogens with one attached hydrogen (secondary N) is 1. The van der Waals surface area contributed by atoms with Gasteiger partial charge in [0.15, 0.2) is 0 Å². The fourth-order valence-corrected chi connectivity index (χ4v) is 3.38. The van der Waals surface area contributed by atoms with E-state index in [1.807, 2.05) is 36.4 Å². The molecule has 1 aliphatic carbocycles. The number of halogens is 2. The van der Waals surface area contributed by atoms with E-state index in [4.69, 9.17) is 17.3 Å². The highest BCUT2D eigenvalue weighted by Crippen LogP contribution is 2.33. The van der Waals surface area contributed by atoms with Crippen molar-refractivity contribution in [1.29, 1.82) is 0 Å². The number of rotatable bonds is 5. The van der Waals surface area contributed by atoms with Crippen LogP contribution in [0.3, 0.4) is 0 Å². The van der Waals surface area contributed by atoms with Crippen molar-refractivity contribution in [2.75, 3.05) is 6.54 Å². The lowest BCUT2D eigenvalue weighted by molar-refractivity contribution is 0.0937. The van der Waals surface area contributed by atoms with Crippen LogP contribution >= 0.6 is 35.3 Å². The van der Waals surface area contributed by atoms with Gasteiger partial charge in [0.05, 0.1) is 4.88 Å². The number of hydrogen-bond donors (Lipinski definition) is 2. The second-order valence-corrected chi connectivity index (χ2v) is 6.84. The number of benzene rings is 1. The van der Waals surface area contributed by atoms with E-state index in [0.717, 1.165) is 15.3 Å². The van der Waals surface area contributed by atoms with Crippen LogP contribution in [-0.4, -0.2) is 18.5 Å². The number of thiophene rings is 1. The Morgan fingerprint density at radius 3 is 2.55 bits per heavy atom. The Hall–Kier alpha value is -1.07. The van der Waals surface area contributed by atoms with Gasteiger partial charge in [-0.05, 0) is 48.6 Å². The normalized spacial score (nSPS) is 15.0. The van der Waals surface area contributed by atoms with Gasteiger partial charge in [-0.3, -0.25) is 4.79 Å². The molecule has 1 aromatic carbocycles. The first-order valence-corrected chi connectivity index (χ1v) is 8.23. The van der Waals surface area contributed by atoms with Gasteiger partial charge < -0.3 is 11.1 Å². The van der Waals surface area contributed by atoms with Gasteiger partial charge in [-0.25, -0.2) is 0 Å². The fourth-order valence-electron chi connectivity index (χ4n) is 2.34. The van der Waals surface area contributed by atoms with E-state index in [9.17, 15) is 4.79 Å². The van der Waals surface area contributed by atoms with E-state index < -0.39 is 0 Å². The van der Waals surface area contributed by atoms with Crippen LogP contribution in [0.4, 0.5) is 0 Å². The number of carbonyl (C=O) groups is 1. The summed E-state index contributed by atoms with van der Waals surface area (Å²) in [6.45, 7) is 0.506. The molecule has 0 aliphatic heterocycles. The molecule has 3 nitrogen and oxygen atoms in total. The summed E-state index contributed by atoms with van der Waals surface area (Å²) in [4.78, 5) is 14.1. The Kier molecular flexibility index (Phi) is 5.87. The molecule has 22 heavy (non-hydrogen) atoms. The predicted octanol–water partition coefficient (Wildman–Crippen LogP) is 3.96. The summed E-state index contributed by atoms with van der Waals surface area (Å²) in [7, 11) is 0. The molecule has 1 fully saturated rings. The lowest BCUT2D eigenvalue weighted by Gasteiger charge is -2.15. The highest BCUT2D eigenvalue weighted by Gasteiger charge is 2.31. The summed E-state index contributed by atoms with van der Waals surface area (Å²) in [6.07, 6.45) is 2.34. The third-order valence-corrected chi connectivity index (χ3v) is 5.11. The number of amides is 1. The number of carbonyl (C=O) groups excluding carboxylic acids is 1. The molecule has 1 aliphatic rings. The van der Waals surface area contributed by atoms with Crippen LogP contribution in [0.5, 0.6) is 0 Å². The first kappa shape index (κ1) is 17.3. The van der Waals surface area contributed by atoms with E-state index in [1.165, 1.54) is 24.2 Å². The van der Waals surface area contributed by atoms with Crippen molar-refractivity contribution in [2.45, 2.75) is 18.9 Å². The van der Waals surface area contributed by atoms with Crippen LogP contribution < -0.4 is 11.1 Å². The van der Waals surface area contributed by atoms with Crippen LogP contribution in [0.1, 0.15) is 22.5 Å². The smallest absolute Gasteiger partial charge is 0.261 e. The maximum Gasteiger partial charge on any atom is 0.261 e. The minimum Gasteiger partial charge on any atom is -0.347 e. The van der Waals surface area contributed by atoms with Gasteiger partial charge in [-0.2, -0.15) is 0 Å². The maximum absolute atomic E-state index is 12.3. The van der Waals surface area contributed by atoms with Gasteiger partial charge in [-0.15, -0.1) is 23.7 Å². The van der Waals surface area contributed by atoms with Gasteiger partial charge in [0.1, 0.15) is 0 Å². The van der Waals surface area contributed by atoms with E-state index >= 15 is 0 Å². The molecule has 2 aromatic rings. The lowest BCUT2D eigenvalue weighted by Crippen LogP contribution is -2.41. The highest BCUT2D eigenvalue weighted by molar-refractivity contribution is 7.17. The maximum atomic E-state index is 12.3. The summed E-state index contributed by atoms with van der Waals surface area (Å²) in [5.74, 6) is 0.539. The van der Waals surface area contributed by atoms with Crippen molar-refractivity contribution < 1.29 is 4.79 Å². The number of nitrogens with two attached hydrogens (primary N) is 1. The van der Waals surface area contributed by atoms with Gasteiger partial charge >= 0.3 is 0 Å². The van der Waals surface area contributed by atoms with Gasteiger partial charge in [0, 0.05) is 22.5 Å². The first-order chi connectivity index (χ1) is 10.2. The average molecular weight is 357 g/mol. The predicted molar refractivity (Wildman–Crippen MR) is 95.0 cm³/mol. The van der Waals surface area contributed by atoms with Crippen molar-refractivity contribution in [3.05, 3.63) is 46.3 Å². The van der Waals surface area contributed by atoms with E-state index in [1.54, 1.807) is 0 Å². The monoisotopic (exact) mass is 356 g/mol. The fraction of sp³-hybridized carbons (Fsp3) is 0.312. The van der Waals surface area contributed by atoms with E-state index in [-0.39, 0.29) is 24.4 Å². The van der Waals surface area contributed by atoms with E-state index in [0.29, 0.717) is 17.5 Å². The molecular formula is C16H18Cl2N2OS. The summed E-state index contributed by atoms with van der Waals surface area (Å²) in [5, 5.41) is 3.76. The zero-order valence-electron chi connectivity index (χ0n) is 11.9. The van der Waals surface area contributed by atoms with Gasteiger partial charge in [-0.1, -0.05) is 23.7 Å². The quantitative estimate of drug-likeness (QED) is 0.851. The second kappa shape index (κ2) is 7.47. The largest absolute Gasteiger partial charge is 0.347 e. The molecule has 0 bridgehead atoms. The molecule has 3 rings (SSSR count). The Bertz CT molecular complexity index is 638. The molecular weight excluding hydrogens is 339 g/mol. The zero-order valence-corrected chi connectivity index (χ0v) is 14.3. The summed E-state index contributed by atoms with van der Waals surface area (Å²) >= 11 is 7.38. The summed E-state index contributed by atoms with van der Waals surface area (Å²) < 4.78 is 0. The molecule has 6 heteroatoms. The van der Waals surface area contributed by atoms with Crippen molar-refractivity contribution in [2.24, 2.45) is 11.7 Å². The third-order valence-electron chi connectivity index (χ3n) is 3.72. The van der Waals surface area contributed by atoms with Crippen molar-refractivity contribution in [3.63, 3.8) is 0 Å². The zero-order chi connectivity index (χ0) is 14.8. The molecule has 0 spiro atoms.